The molecule has 0 aliphatic carbocycles. The van der Waals surface area contributed by atoms with Gasteiger partial charge in [0.05, 0.1) is 0 Å². The maximum atomic E-state index is 8.48. The molecule has 0 bridgehead atoms. The number of H-pyrrole nitrogens is 1. The molecule has 0 radical (unpaired) electrons. The van der Waals surface area contributed by atoms with Crippen LogP contribution in [0.15, 0.2) is 18.2 Å². The molecular formula is C6H4N3O3P-4. The van der Waals surface area contributed by atoms with Crippen molar-refractivity contribution in [3.63, 3.8) is 0 Å². The van der Waals surface area contributed by atoms with E-state index in [1.165, 1.54) is 0 Å². The number of nitrogens with one attached hydrogen (secondary N) is 1. The average Bonchev–Trinajstić information content (AvgIpc) is 2.49. The van der Waals surface area contributed by atoms with Crippen molar-refractivity contribution >= 4 is 19.6 Å². The van der Waals surface area contributed by atoms with Gasteiger partial charge >= 0.3 is 0 Å². The van der Waals surface area contributed by atoms with Gasteiger partial charge in [-0.25, -0.2) is 10.3 Å². The molecule has 0 atom stereocenters. The van der Waals surface area contributed by atoms with Crippen LogP contribution in [0, 0.1) is 6.07 Å². The van der Waals surface area contributed by atoms with Crippen LogP contribution in [0.5, 0.6) is 0 Å². The number of para-hydroxylation sites is 1. The van der Waals surface area contributed by atoms with Crippen molar-refractivity contribution in [2.45, 2.75) is 0 Å². The summed E-state index contributed by atoms with van der Waals surface area (Å²) in [5, 5.41) is 10.2. The van der Waals surface area contributed by atoms with Crippen molar-refractivity contribution in [1.29, 1.82) is 0 Å². The average molecular weight is 197 g/mol. The summed E-state index contributed by atoms with van der Waals surface area (Å²) in [4.78, 5) is 25.4. The van der Waals surface area contributed by atoms with Crippen LogP contribution in [-0.2, 0) is 0 Å². The molecule has 6 nitrogen and oxygen atoms in total. The Kier molecular flexibility index (Phi) is 3.72. The van der Waals surface area contributed by atoms with Crippen molar-refractivity contribution in [2.24, 2.45) is 0 Å². The van der Waals surface area contributed by atoms with E-state index in [9.17, 15) is 0 Å². The summed E-state index contributed by atoms with van der Waals surface area (Å²) in [5.74, 6) is 0. The van der Waals surface area contributed by atoms with Gasteiger partial charge in [0.15, 0.2) is 0 Å². The molecular weight excluding hydrogens is 193 g/mol. The molecule has 1 aromatic heterocycles. The minimum atomic E-state index is -3.37. The highest BCUT2D eigenvalue weighted by molar-refractivity contribution is 7.33. The fraction of sp³-hybridized carbons (Fsp3) is 0. The topological polar surface area (TPSA) is 111 Å². The Hall–Kier alpha value is -1.07. The van der Waals surface area contributed by atoms with E-state index in [2.05, 4.69) is 21.5 Å². The number of aromatic nitrogens is 3. The molecule has 0 saturated heterocycles. The zero-order valence-electron chi connectivity index (χ0n) is 6.30. The highest BCUT2D eigenvalue weighted by atomic mass is 31.2. The van der Waals surface area contributed by atoms with E-state index < -0.39 is 8.60 Å². The summed E-state index contributed by atoms with van der Waals surface area (Å²) < 4.78 is 0. The predicted molar refractivity (Wildman–Crippen MR) is 39.6 cm³/mol. The second-order valence-corrected chi connectivity index (χ2v) is 2.40. The van der Waals surface area contributed by atoms with Gasteiger partial charge in [0, 0.05) is 5.52 Å². The van der Waals surface area contributed by atoms with Crippen LogP contribution in [0.1, 0.15) is 0 Å². The van der Waals surface area contributed by atoms with Crippen LogP contribution < -0.4 is 14.7 Å². The third-order valence-corrected chi connectivity index (χ3v) is 1.15. The molecule has 0 fully saturated rings. The summed E-state index contributed by atoms with van der Waals surface area (Å²) in [6.45, 7) is 0. The fourth-order valence-electron chi connectivity index (χ4n) is 0.728. The van der Waals surface area contributed by atoms with E-state index in [4.69, 9.17) is 14.7 Å². The molecule has 1 N–H and O–H groups in total. The van der Waals surface area contributed by atoms with Gasteiger partial charge in [0.2, 0.25) is 0 Å². The molecule has 1 heterocycles. The second-order valence-electron chi connectivity index (χ2n) is 1.95. The van der Waals surface area contributed by atoms with Crippen LogP contribution in [0.4, 0.5) is 0 Å². The molecule has 0 saturated carbocycles. The molecule has 0 amide bonds. The van der Waals surface area contributed by atoms with E-state index in [0.29, 0.717) is 0 Å². The van der Waals surface area contributed by atoms with Gasteiger partial charge in [-0.05, 0) is 5.52 Å². The minimum absolute atomic E-state index is 0.789. The van der Waals surface area contributed by atoms with Gasteiger partial charge in [-0.15, -0.1) is 6.07 Å². The SMILES string of the molecule is [O-]P([O-])[O-].[c-]1cccc2n[nH]nc12. The Balaban J connectivity index is 0.000000184. The van der Waals surface area contributed by atoms with E-state index in [0.717, 1.165) is 11.0 Å². The number of rotatable bonds is 0. The standard InChI is InChI=1S/C6H4N3.O3P/c1-2-4-6-5(3-1)7-9-8-6;1-4(2)3/h1-3H,(H,7,8,9);/q-1;-3. The van der Waals surface area contributed by atoms with Crippen LogP contribution in [0.2, 0.25) is 0 Å². The Morgan fingerprint density at radius 2 is 2.00 bits per heavy atom. The largest absolute Gasteiger partial charge is 0.854 e. The minimum Gasteiger partial charge on any atom is -0.854 e. The molecule has 1 aromatic carbocycles. The maximum absolute atomic E-state index is 8.48. The van der Waals surface area contributed by atoms with Crippen LogP contribution >= 0.6 is 8.60 Å². The molecule has 0 unspecified atom stereocenters. The van der Waals surface area contributed by atoms with Crippen LogP contribution in [-0.4, -0.2) is 15.4 Å². The number of hydrogen-bond acceptors (Lipinski definition) is 5. The van der Waals surface area contributed by atoms with Crippen molar-refractivity contribution < 1.29 is 14.7 Å². The number of hydrogen-bond donors (Lipinski definition) is 1. The zero-order valence-corrected chi connectivity index (χ0v) is 7.19. The normalized spacial score (nSPS) is 9.85. The summed E-state index contributed by atoms with van der Waals surface area (Å²) >= 11 is 0. The number of benzene rings is 1. The van der Waals surface area contributed by atoms with Crippen LogP contribution in [0.3, 0.4) is 0 Å². The number of nitrogens with zero attached hydrogens (tertiary/aromatic N) is 2. The van der Waals surface area contributed by atoms with Gasteiger partial charge in [-0.2, -0.15) is 23.3 Å². The van der Waals surface area contributed by atoms with E-state index in [1.807, 2.05) is 18.2 Å². The predicted octanol–water partition coefficient (Wildman–Crippen LogP) is -1.95. The Morgan fingerprint density at radius 3 is 2.62 bits per heavy atom. The van der Waals surface area contributed by atoms with Crippen molar-refractivity contribution in [1.82, 2.24) is 15.4 Å². The first-order valence-corrected chi connectivity index (χ1v) is 4.28. The highest BCUT2D eigenvalue weighted by Crippen LogP contribution is 2.02. The second kappa shape index (κ2) is 4.84. The molecule has 0 aliphatic rings. The number of fused-ring (bicyclic) bond motifs is 1. The quantitative estimate of drug-likeness (QED) is 0.389. The number of aromatic amines is 1. The molecule has 0 spiro atoms. The van der Waals surface area contributed by atoms with Gasteiger partial charge in [-0.3, -0.25) is 0 Å². The summed E-state index contributed by atoms with van der Waals surface area (Å²) in [6.07, 6.45) is 0. The summed E-state index contributed by atoms with van der Waals surface area (Å²) in [7, 11) is -3.37. The van der Waals surface area contributed by atoms with Crippen molar-refractivity contribution in [3.8, 4) is 0 Å². The molecule has 2 rings (SSSR count). The third kappa shape index (κ3) is 3.43. The lowest BCUT2D eigenvalue weighted by Gasteiger charge is -2.39. The first-order chi connectivity index (χ1) is 6.20. The first kappa shape index (κ1) is 10.0. The molecule has 0 aliphatic heterocycles. The molecule has 7 heteroatoms. The van der Waals surface area contributed by atoms with Crippen LogP contribution in [0.25, 0.3) is 11.0 Å². The van der Waals surface area contributed by atoms with E-state index in [1.54, 1.807) is 0 Å². The molecule has 13 heavy (non-hydrogen) atoms. The smallest absolute Gasteiger partial charge is 0.00104 e. The molecule has 70 valence electrons. The van der Waals surface area contributed by atoms with Crippen molar-refractivity contribution in [3.05, 3.63) is 24.3 Å². The molecule has 2 aromatic rings. The van der Waals surface area contributed by atoms with E-state index in [-0.39, 0.29) is 0 Å². The Bertz CT molecular complexity index is 332. The van der Waals surface area contributed by atoms with Gasteiger partial charge in [-0.1, -0.05) is 0 Å². The first-order valence-electron chi connectivity index (χ1n) is 3.19. The fourth-order valence-corrected chi connectivity index (χ4v) is 0.728. The Labute approximate surface area is 74.8 Å². The zero-order chi connectivity index (χ0) is 9.68. The van der Waals surface area contributed by atoms with Gasteiger partial charge in [0.1, 0.15) is 0 Å². The maximum Gasteiger partial charge on any atom is 0.00104 e. The van der Waals surface area contributed by atoms with E-state index >= 15 is 0 Å². The lowest BCUT2D eigenvalue weighted by atomic mass is 10.3. The highest BCUT2D eigenvalue weighted by Gasteiger charge is 1.80. The van der Waals surface area contributed by atoms with Gasteiger partial charge in [0.25, 0.3) is 0 Å². The van der Waals surface area contributed by atoms with Gasteiger partial charge < -0.3 is 23.3 Å². The third-order valence-electron chi connectivity index (χ3n) is 1.15. The summed E-state index contributed by atoms with van der Waals surface area (Å²) in [6, 6.07) is 8.50. The van der Waals surface area contributed by atoms with Crippen molar-refractivity contribution in [2.75, 3.05) is 0 Å². The lowest BCUT2D eigenvalue weighted by Crippen LogP contribution is -2.18. The lowest BCUT2D eigenvalue weighted by molar-refractivity contribution is -0.407. The Morgan fingerprint density at radius 1 is 1.31 bits per heavy atom. The summed E-state index contributed by atoms with van der Waals surface area (Å²) in [5.41, 5.74) is 1.65. The monoisotopic (exact) mass is 197 g/mol.